The van der Waals surface area contributed by atoms with Crippen LogP contribution < -0.4 is 4.74 Å². The molecular formula is C20H14ClFO4. The SMILES string of the molecule is O=C(/C=C/c1ccc(COc2ccc(F)c(Cl)c2)o1)c1ccc(O)cc1. The van der Waals surface area contributed by atoms with Crippen LogP contribution in [0.15, 0.2) is 65.1 Å². The molecule has 1 N–H and O–H groups in total. The highest BCUT2D eigenvalue weighted by Crippen LogP contribution is 2.22. The predicted molar refractivity (Wildman–Crippen MR) is 95.9 cm³/mol. The van der Waals surface area contributed by atoms with Crippen LogP contribution in [0, 0.1) is 5.82 Å². The molecule has 4 nitrogen and oxygen atoms in total. The van der Waals surface area contributed by atoms with Gasteiger partial charge in [-0.05, 0) is 60.7 Å². The number of allylic oxidation sites excluding steroid dienone is 1. The minimum atomic E-state index is -0.511. The molecule has 0 amide bonds. The lowest BCUT2D eigenvalue weighted by Gasteiger charge is -2.04. The molecule has 0 aliphatic heterocycles. The predicted octanol–water partition coefficient (Wildman–Crippen LogP) is 5.25. The largest absolute Gasteiger partial charge is 0.508 e. The number of furan rings is 1. The van der Waals surface area contributed by atoms with Crippen molar-refractivity contribution in [1.82, 2.24) is 0 Å². The third-order valence-electron chi connectivity index (χ3n) is 3.51. The number of hydrogen-bond acceptors (Lipinski definition) is 4. The molecule has 0 aliphatic carbocycles. The van der Waals surface area contributed by atoms with Crippen LogP contribution in [0.4, 0.5) is 4.39 Å². The molecule has 26 heavy (non-hydrogen) atoms. The van der Waals surface area contributed by atoms with Crippen LogP contribution in [0.25, 0.3) is 6.08 Å². The Morgan fingerprint density at radius 3 is 2.65 bits per heavy atom. The molecule has 3 rings (SSSR count). The smallest absolute Gasteiger partial charge is 0.185 e. The van der Waals surface area contributed by atoms with E-state index in [9.17, 15) is 14.3 Å². The standard InChI is InChI=1S/C20H14ClFO4/c21-18-11-16(7-9-19(18)22)25-12-17-6-5-15(26-17)8-10-20(24)13-1-3-14(23)4-2-13/h1-11,23H,12H2/b10-8+. The summed E-state index contributed by atoms with van der Waals surface area (Å²) in [5, 5.41) is 9.21. The number of phenols is 1. The molecule has 0 fully saturated rings. The lowest BCUT2D eigenvalue weighted by molar-refractivity contribution is 0.104. The summed E-state index contributed by atoms with van der Waals surface area (Å²) in [7, 11) is 0. The molecule has 6 heteroatoms. The van der Waals surface area contributed by atoms with Gasteiger partial charge in [0.15, 0.2) is 5.78 Å². The molecule has 1 heterocycles. The molecule has 2 aromatic carbocycles. The summed E-state index contributed by atoms with van der Waals surface area (Å²) < 4.78 is 24.1. The summed E-state index contributed by atoms with van der Waals surface area (Å²) in [5.74, 6) is 0.842. The summed E-state index contributed by atoms with van der Waals surface area (Å²) in [6.45, 7) is 0.141. The van der Waals surface area contributed by atoms with E-state index in [-0.39, 0.29) is 23.2 Å². The van der Waals surface area contributed by atoms with E-state index in [1.54, 1.807) is 18.2 Å². The lowest BCUT2D eigenvalue weighted by Crippen LogP contribution is -1.94. The zero-order chi connectivity index (χ0) is 18.5. The quantitative estimate of drug-likeness (QED) is 0.474. The summed E-state index contributed by atoms with van der Waals surface area (Å²) in [5.41, 5.74) is 0.461. The minimum absolute atomic E-state index is 0.0155. The number of halogens is 2. The number of hydrogen-bond donors (Lipinski definition) is 1. The van der Waals surface area contributed by atoms with E-state index in [4.69, 9.17) is 20.8 Å². The number of benzene rings is 2. The van der Waals surface area contributed by atoms with Gasteiger partial charge in [0, 0.05) is 11.6 Å². The van der Waals surface area contributed by atoms with Gasteiger partial charge in [-0.2, -0.15) is 0 Å². The highest BCUT2D eigenvalue weighted by molar-refractivity contribution is 6.30. The Morgan fingerprint density at radius 1 is 1.15 bits per heavy atom. The van der Waals surface area contributed by atoms with E-state index < -0.39 is 5.82 Å². The van der Waals surface area contributed by atoms with Crippen LogP contribution in [-0.4, -0.2) is 10.9 Å². The third kappa shape index (κ3) is 4.52. The summed E-state index contributed by atoms with van der Waals surface area (Å²) in [4.78, 5) is 12.0. The first-order valence-electron chi connectivity index (χ1n) is 7.69. The third-order valence-corrected chi connectivity index (χ3v) is 3.80. The number of rotatable bonds is 6. The van der Waals surface area contributed by atoms with Crippen molar-refractivity contribution in [2.45, 2.75) is 6.61 Å². The van der Waals surface area contributed by atoms with Crippen LogP contribution in [0.1, 0.15) is 21.9 Å². The van der Waals surface area contributed by atoms with Gasteiger partial charge < -0.3 is 14.3 Å². The van der Waals surface area contributed by atoms with Gasteiger partial charge >= 0.3 is 0 Å². The minimum Gasteiger partial charge on any atom is -0.508 e. The summed E-state index contributed by atoms with van der Waals surface area (Å²) in [6, 6.07) is 13.5. The highest BCUT2D eigenvalue weighted by atomic mass is 35.5. The van der Waals surface area contributed by atoms with Crippen molar-refractivity contribution >= 4 is 23.5 Å². The highest BCUT2D eigenvalue weighted by Gasteiger charge is 2.06. The van der Waals surface area contributed by atoms with Gasteiger partial charge in [0.25, 0.3) is 0 Å². The molecule has 3 aromatic rings. The van der Waals surface area contributed by atoms with Gasteiger partial charge in [-0.15, -0.1) is 0 Å². The van der Waals surface area contributed by atoms with Gasteiger partial charge in [-0.3, -0.25) is 4.79 Å². The van der Waals surface area contributed by atoms with E-state index in [0.29, 0.717) is 22.8 Å². The topological polar surface area (TPSA) is 59.7 Å². The normalized spacial score (nSPS) is 11.0. The van der Waals surface area contributed by atoms with Gasteiger partial charge in [-0.1, -0.05) is 11.6 Å². The second-order valence-electron chi connectivity index (χ2n) is 5.41. The maximum absolute atomic E-state index is 13.1. The summed E-state index contributed by atoms with van der Waals surface area (Å²) >= 11 is 5.70. The van der Waals surface area contributed by atoms with E-state index >= 15 is 0 Å². The van der Waals surface area contributed by atoms with Crippen molar-refractivity contribution in [2.24, 2.45) is 0 Å². The first-order valence-corrected chi connectivity index (χ1v) is 8.07. The van der Waals surface area contributed by atoms with Crippen molar-refractivity contribution in [3.63, 3.8) is 0 Å². The molecule has 0 bridgehead atoms. The van der Waals surface area contributed by atoms with Crippen molar-refractivity contribution in [1.29, 1.82) is 0 Å². The van der Waals surface area contributed by atoms with Crippen molar-refractivity contribution in [2.75, 3.05) is 0 Å². The molecular weight excluding hydrogens is 359 g/mol. The molecule has 0 saturated carbocycles. The Kier molecular flexibility index (Phi) is 5.39. The molecule has 0 saturated heterocycles. The van der Waals surface area contributed by atoms with Gasteiger partial charge in [0.2, 0.25) is 0 Å². The fraction of sp³-hybridized carbons (Fsp3) is 0.0500. The lowest BCUT2D eigenvalue weighted by atomic mass is 10.1. The molecule has 1 aromatic heterocycles. The van der Waals surface area contributed by atoms with E-state index in [2.05, 4.69) is 0 Å². The number of carbonyl (C=O) groups is 1. The molecule has 0 radical (unpaired) electrons. The zero-order valence-corrected chi connectivity index (χ0v) is 14.2. The second kappa shape index (κ2) is 7.89. The fourth-order valence-electron chi connectivity index (χ4n) is 2.16. The van der Waals surface area contributed by atoms with Gasteiger partial charge in [0.1, 0.15) is 35.4 Å². The van der Waals surface area contributed by atoms with E-state index in [1.807, 2.05) is 0 Å². The van der Waals surface area contributed by atoms with Crippen LogP contribution in [0.3, 0.4) is 0 Å². The van der Waals surface area contributed by atoms with Crippen LogP contribution in [0.5, 0.6) is 11.5 Å². The van der Waals surface area contributed by atoms with Gasteiger partial charge in [-0.25, -0.2) is 4.39 Å². The van der Waals surface area contributed by atoms with E-state index in [0.717, 1.165) is 0 Å². The van der Waals surface area contributed by atoms with Crippen molar-refractivity contribution in [3.05, 3.63) is 88.6 Å². The van der Waals surface area contributed by atoms with Crippen LogP contribution >= 0.6 is 11.6 Å². The second-order valence-corrected chi connectivity index (χ2v) is 5.82. The van der Waals surface area contributed by atoms with E-state index in [1.165, 1.54) is 48.5 Å². The Labute approximate surface area is 154 Å². The molecule has 0 unspecified atom stereocenters. The number of aromatic hydroxyl groups is 1. The Bertz CT molecular complexity index is 945. The summed E-state index contributed by atoms with van der Waals surface area (Å²) in [6.07, 6.45) is 2.93. The van der Waals surface area contributed by atoms with Crippen LogP contribution in [0.2, 0.25) is 5.02 Å². The number of phenolic OH excluding ortho intramolecular Hbond substituents is 1. The van der Waals surface area contributed by atoms with Crippen LogP contribution in [-0.2, 0) is 6.61 Å². The average molecular weight is 373 g/mol. The molecule has 132 valence electrons. The number of carbonyl (C=O) groups excluding carboxylic acids is 1. The molecule has 0 spiro atoms. The maximum Gasteiger partial charge on any atom is 0.185 e. The fourth-order valence-corrected chi connectivity index (χ4v) is 2.33. The maximum atomic E-state index is 13.1. The zero-order valence-electron chi connectivity index (χ0n) is 13.5. The Hall–Kier alpha value is -3.05. The van der Waals surface area contributed by atoms with Crippen molar-refractivity contribution in [3.8, 4) is 11.5 Å². The van der Waals surface area contributed by atoms with Crippen molar-refractivity contribution < 1.29 is 23.4 Å². The first-order chi connectivity index (χ1) is 12.5. The molecule has 0 atom stereocenters. The average Bonchev–Trinajstić information content (AvgIpc) is 3.09. The van der Waals surface area contributed by atoms with Gasteiger partial charge in [0.05, 0.1) is 5.02 Å². The first kappa shape index (κ1) is 17.8. The Morgan fingerprint density at radius 2 is 1.92 bits per heavy atom. The molecule has 0 aliphatic rings. The monoisotopic (exact) mass is 372 g/mol. The number of ketones is 1. The Balaban J connectivity index is 1.59. The number of ether oxygens (including phenoxy) is 1.